The minimum Gasteiger partial charge on any atom is -0.371 e. The van der Waals surface area contributed by atoms with E-state index in [0.29, 0.717) is 5.38 Å². The van der Waals surface area contributed by atoms with Gasteiger partial charge in [0.05, 0.1) is 5.52 Å². The summed E-state index contributed by atoms with van der Waals surface area (Å²) < 4.78 is 0. The number of hydrogen-bond donors (Lipinski definition) is 0. The van der Waals surface area contributed by atoms with E-state index >= 15 is 0 Å². The molecule has 2 heterocycles. The van der Waals surface area contributed by atoms with Crippen molar-refractivity contribution in [1.82, 2.24) is 4.98 Å². The van der Waals surface area contributed by atoms with Crippen molar-refractivity contribution >= 4 is 28.2 Å². The maximum atomic E-state index is 6.18. The smallest absolute Gasteiger partial charge is 0.0726 e. The number of aryl methyl sites for hydroxylation is 1. The van der Waals surface area contributed by atoms with Gasteiger partial charge in [-0.3, -0.25) is 4.98 Å². The third-order valence-corrected chi connectivity index (χ3v) is 4.02. The van der Waals surface area contributed by atoms with E-state index in [2.05, 4.69) is 41.1 Å². The molecule has 1 aromatic carbocycles. The number of benzene rings is 1. The number of anilines is 1. The lowest BCUT2D eigenvalue weighted by Gasteiger charge is -2.32. The van der Waals surface area contributed by atoms with Crippen LogP contribution >= 0.6 is 11.6 Å². The minimum absolute atomic E-state index is 0.343. The highest BCUT2D eigenvalue weighted by Crippen LogP contribution is 2.29. The van der Waals surface area contributed by atoms with Crippen LogP contribution in [0.1, 0.15) is 18.5 Å². The van der Waals surface area contributed by atoms with Gasteiger partial charge >= 0.3 is 0 Å². The monoisotopic (exact) mass is 260 g/mol. The molecular weight excluding hydrogens is 244 g/mol. The fourth-order valence-corrected chi connectivity index (χ4v) is 2.83. The molecule has 0 radical (unpaired) electrons. The van der Waals surface area contributed by atoms with E-state index in [4.69, 9.17) is 11.6 Å². The van der Waals surface area contributed by atoms with Crippen LogP contribution in [0.15, 0.2) is 30.3 Å². The van der Waals surface area contributed by atoms with E-state index in [9.17, 15) is 0 Å². The Bertz CT molecular complexity index is 559. The molecule has 3 heteroatoms. The number of piperidine rings is 1. The zero-order chi connectivity index (χ0) is 12.5. The SMILES string of the molecule is Cc1cc(N2CCC(Cl)CC2)c2ccccc2n1. The van der Waals surface area contributed by atoms with Gasteiger partial charge in [0.25, 0.3) is 0 Å². The zero-order valence-corrected chi connectivity index (χ0v) is 11.3. The summed E-state index contributed by atoms with van der Waals surface area (Å²) in [5, 5.41) is 1.59. The largest absolute Gasteiger partial charge is 0.371 e. The Morgan fingerprint density at radius 1 is 1.22 bits per heavy atom. The predicted octanol–water partition coefficient (Wildman–Crippen LogP) is 3.75. The number of halogens is 1. The van der Waals surface area contributed by atoms with Gasteiger partial charge in [-0.25, -0.2) is 0 Å². The van der Waals surface area contributed by atoms with Gasteiger partial charge in [0.15, 0.2) is 0 Å². The van der Waals surface area contributed by atoms with Gasteiger partial charge in [-0.05, 0) is 31.9 Å². The van der Waals surface area contributed by atoms with Crippen LogP contribution in [-0.2, 0) is 0 Å². The lowest BCUT2D eigenvalue weighted by Crippen LogP contribution is -2.34. The predicted molar refractivity (Wildman–Crippen MR) is 77.6 cm³/mol. The van der Waals surface area contributed by atoms with E-state index in [1.54, 1.807) is 0 Å². The molecule has 1 fully saturated rings. The van der Waals surface area contributed by atoms with Crippen LogP contribution in [0.5, 0.6) is 0 Å². The third kappa shape index (κ3) is 2.17. The highest BCUT2D eigenvalue weighted by Gasteiger charge is 2.19. The van der Waals surface area contributed by atoms with Crippen LogP contribution in [0.3, 0.4) is 0 Å². The van der Waals surface area contributed by atoms with E-state index in [-0.39, 0.29) is 0 Å². The van der Waals surface area contributed by atoms with Gasteiger partial charge in [-0.15, -0.1) is 11.6 Å². The van der Waals surface area contributed by atoms with Crippen molar-refractivity contribution in [2.24, 2.45) is 0 Å². The first-order valence-electron chi connectivity index (χ1n) is 6.49. The third-order valence-electron chi connectivity index (χ3n) is 3.59. The Morgan fingerprint density at radius 2 is 1.94 bits per heavy atom. The topological polar surface area (TPSA) is 16.1 Å². The molecule has 0 aliphatic carbocycles. The number of hydrogen-bond acceptors (Lipinski definition) is 2. The van der Waals surface area contributed by atoms with E-state index in [0.717, 1.165) is 37.1 Å². The lowest BCUT2D eigenvalue weighted by atomic mass is 10.1. The molecule has 0 bridgehead atoms. The second-order valence-electron chi connectivity index (χ2n) is 4.96. The molecule has 2 aromatic rings. The van der Waals surface area contributed by atoms with Gasteiger partial charge in [0, 0.05) is 35.2 Å². The summed E-state index contributed by atoms with van der Waals surface area (Å²) in [6.07, 6.45) is 2.13. The summed E-state index contributed by atoms with van der Waals surface area (Å²) in [4.78, 5) is 7.03. The van der Waals surface area contributed by atoms with Crippen molar-refractivity contribution in [1.29, 1.82) is 0 Å². The van der Waals surface area contributed by atoms with Crippen LogP contribution in [-0.4, -0.2) is 23.5 Å². The first-order valence-corrected chi connectivity index (χ1v) is 6.93. The summed E-state index contributed by atoms with van der Waals surface area (Å²) in [5.74, 6) is 0. The van der Waals surface area contributed by atoms with Crippen LogP contribution < -0.4 is 4.90 Å². The number of fused-ring (bicyclic) bond motifs is 1. The Morgan fingerprint density at radius 3 is 2.72 bits per heavy atom. The highest BCUT2D eigenvalue weighted by atomic mass is 35.5. The van der Waals surface area contributed by atoms with Crippen LogP contribution in [0.25, 0.3) is 10.9 Å². The molecule has 0 saturated carbocycles. The van der Waals surface area contributed by atoms with Gasteiger partial charge in [-0.2, -0.15) is 0 Å². The Kier molecular flexibility index (Phi) is 3.13. The molecule has 0 spiro atoms. The number of aromatic nitrogens is 1. The van der Waals surface area contributed by atoms with Gasteiger partial charge < -0.3 is 4.90 Å². The van der Waals surface area contributed by atoms with E-state index in [1.165, 1.54) is 11.1 Å². The van der Waals surface area contributed by atoms with Gasteiger partial charge in [0.2, 0.25) is 0 Å². The molecular formula is C15H17ClN2. The molecule has 1 aromatic heterocycles. The number of nitrogens with zero attached hydrogens (tertiary/aromatic N) is 2. The zero-order valence-electron chi connectivity index (χ0n) is 10.6. The summed E-state index contributed by atoms with van der Waals surface area (Å²) in [7, 11) is 0. The van der Waals surface area contributed by atoms with Crippen molar-refractivity contribution in [3.8, 4) is 0 Å². The Hall–Kier alpha value is -1.28. The van der Waals surface area contributed by atoms with Crippen molar-refractivity contribution in [2.45, 2.75) is 25.1 Å². The standard InChI is InChI=1S/C15H17ClN2/c1-11-10-15(18-8-6-12(16)7-9-18)13-4-2-3-5-14(13)17-11/h2-5,10,12H,6-9H2,1H3. The first kappa shape index (κ1) is 11.8. The van der Waals surface area contributed by atoms with Crippen LogP contribution in [0.4, 0.5) is 5.69 Å². The molecule has 1 saturated heterocycles. The van der Waals surface area contributed by atoms with Crippen molar-refractivity contribution in [3.05, 3.63) is 36.0 Å². The molecule has 3 rings (SSSR count). The average molecular weight is 261 g/mol. The summed E-state index contributed by atoms with van der Waals surface area (Å²) >= 11 is 6.18. The number of para-hydroxylation sites is 1. The first-order chi connectivity index (χ1) is 8.74. The fourth-order valence-electron chi connectivity index (χ4n) is 2.64. The molecule has 94 valence electrons. The molecule has 0 amide bonds. The molecule has 1 aliphatic rings. The minimum atomic E-state index is 0.343. The quantitative estimate of drug-likeness (QED) is 0.726. The fraction of sp³-hybridized carbons (Fsp3) is 0.400. The second kappa shape index (κ2) is 4.77. The number of rotatable bonds is 1. The number of alkyl halides is 1. The lowest BCUT2D eigenvalue weighted by molar-refractivity contribution is 0.586. The molecule has 0 N–H and O–H groups in total. The number of pyridine rings is 1. The Labute approximate surface area is 113 Å². The molecule has 1 aliphatic heterocycles. The molecule has 0 atom stereocenters. The van der Waals surface area contributed by atoms with Crippen molar-refractivity contribution < 1.29 is 0 Å². The maximum Gasteiger partial charge on any atom is 0.0726 e. The molecule has 2 nitrogen and oxygen atoms in total. The van der Waals surface area contributed by atoms with Gasteiger partial charge in [0.1, 0.15) is 0 Å². The summed E-state index contributed by atoms with van der Waals surface area (Å²) in [6, 6.07) is 10.6. The average Bonchev–Trinajstić information content (AvgIpc) is 2.38. The van der Waals surface area contributed by atoms with Crippen LogP contribution in [0.2, 0.25) is 0 Å². The van der Waals surface area contributed by atoms with E-state index < -0.39 is 0 Å². The van der Waals surface area contributed by atoms with E-state index in [1.807, 2.05) is 6.07 Å². The molecule has 0 unspecified atom stereocenters. The maximum absolute atomic E-state index is 6.18. The van der Waals surface area contributed by atoms with Crippen molar-refractivity contribution in [2.75, 3.05) is 18.0 Å². The molecule has 18 heavy (non-hydrogen) atoms. The normalized spacial score (nSPS) is 17.3. The van der Waals surface area contributed by atoms with Crippen LogP contribution in [0, 0.1) is 6.92 Å². The Balaban J connectivity index is 2.05. The van der Waals surface area contributed by atoms with Crippen molar-refractivity contribution in [3.63, 3.8) is 0 Å². The second-order valence-corrected chi connectivity index (χ2v) is 5.58. The summed E-state index contributed by atoms with van der Waals surface area (Å²) in [5.41, 5.74) is 3.47. The highest BCUT2D eigenvalue weighted by molar-refractivity contribution is 6.20. The summed E-state index contributed by atoms with van der Waals surface area (Å²) in [6.45, 7) is 4.15. The van der Waals surface area contributed by atoms with Gasteiger partial charge in [-0.1, -0.05) is 18.2 Å².